The normalized spacial score (nSPS) is 21.3. The summed E-state index contributed by atoms with van der Waals surface area (Å²) in [5.41, 5.74) is 1.09. The average molecular weight is 360 g/mol. The van der Waals surface area contributed by atoms with Crippen LogP contribution in [0.25, 0.3) is 0 Å². The van der Waals surface area contributed by atoms with E-state index in [1.54, 1.807) is 6.04 Å². The molecule has 0 aliphatic carbocycles. The van der Waals surface area contributed by atoms with Crippen molar-refractivity contribution in [1.29, 1.82) is 0 Å². The fourth-order valence-electron chi connectivity index (χ4n) is 1.99. The van der Waals surface area contributed by atoms with Crippen LogP contribution in [0.3, 0.4) is 0 Å². The minimum atomic E-state index is -6.27. The lowest BCUT2D eigenvalue weighted by molar-refractivity contribution is -0.159. The van der Waals surface area contributed by atoms with Gasteiger partial charge >= 0.3 is 21.4 Å². The van der Waals surface area contributed by atoms with Gasteiger partial charge in [-0.1, -0.05) is 61.9 Å². The summed E-state index contributed by atoms with van der Waals surface area (Å²) in [6.45, 7) is 9.92. The maximum absolute atomic E-state index is 12.2. The lowest BCUT2D eigenvalue weighted by atomic mass is 10.2. The van der Waals surface area contributed by atoms with Gasteiger partial charge in [-0.15, -0.1) is 0 Å². The average Bonchev–Trinajstić information content (AvgIpc) is 2.38. The lowest BCUT2D eigenvalue weighted by Crippen LogP contribution is -2.36. The minimum Gasteiger partial charge on any atom is -0.456 e. The van der Waals surface area contributed by atoms with E-state index in [1.807, 2.05) is 0 Å². The predicted octanol–water partition coefficient (Wildman–Crippen LogP) is 3.88. The molecule has 0 bridgehead atoms. The number of carbonyl (C=O) groups is 1. The number of carbonyl (C=O) groups excluding carboxylic acids is 1. The molecule has 0 aromatic heterocycles. The van der Waals surface area contributed by atoms with Crippen molar-refractivity contribution in [2.75, 3.05) is 6.61 Å². The van der Waals surface area contributed by atoms with Crippen molar-refractivity contribution in [2.45, 2.75) is 56.1 Å². The van der Waals surface area contributed by atoms with Gasteiger partial charge in [-0.05, 0) is 5.54 Å². The van der Waals surface area contributed by atoms with E-state index in [0.717, 1.165) is 11.6 Å². The SMILES string of the molecule is C=CCOC(=O)C(F)(F)S(=O)(=O)F.CC1CCCC[Si]1(C)C. The van der Waals surface area contributed by atoms with Crippen molar-refractivity contribution in [3.63, 3.8) is 0 Å². The van der Waals surface area contributed by atoms with Gasteiger partial charge in [0.2, 0.25) is 0 Å². The largest absolute Gasteiger partial charge is 0.470 e. The molecule has 0 aromatic carbocycles. The maximum atomic E-state index is 12.2. The molecule has 4 nitrogen and oxygen atoms in total. The Morgan fingerprint density at radius 2 is 1.95 bits per heavy atom. The van der Waals surface area contributed by atoms with Crippen molar-refractivity contribution < 1.29 is 30.6 Å². The van der Waals surface area contributed by atoms with Crippen LogP contribution in [0, 0.1) is 0 Å². The van der Waals surface area contributed by atoms with Crippen LogP contribution in [0.15, 0.2) is 12.7 Å². The van der Waals surface area contributed by atoms with E-state index < -0.39 is 36.1 Å². The number of halogens is 3. The van der Waals surface area contributed by atoms with Gasteiger partial charge < -0.3 is 4.74 Å². The van der Waals surface area contributed by atoms with Crippen LogP contribution in [0.1, 0.15) is 26.2 Å². The molecule has 0 radical (unpaired) electrons. The summed E-state index contributed by atoms with van der Waals surface area (Å²) in [7, 11) is -6.97. The highest BCUT2D eigenvalue weighted by Gasteiger charge is 2.55. The molecule has 1 atom stereocenters. The fraction of sp³-hybridized carbons (Fsp3) is 0.769. The molecule has 1 aliphatic heterocycles. The van der Waals surface area contributed by atoms with E-state index in [1.165, 1.54) is 19.3 Å². The number of ether oxygens (including phenoxy) is 1. The molecule has 1 saturated heterocycles. The molecule has 1 rings (SSSR count). The second kappa shape index (κ2) is 8.14. The van der Waals surface area contributed by atoms with Gasteiger partial charge in [0.05, 0.1) is 8.07 Å². The Hall–Kier alpha value is -0.833. The third-order valence-electron chi connectivity index (χ3n) is 3.92. The van der Waals surface area contributed by atoms with Crippen molar-refractivity contribution in [2.24, 2.45) is 0 Å². The Morgan fingerprint density at radius 1 is 1.41 bits per heavy atom. The Morgan fingerprint density at radius 3 is 2.27 bits per heavy atom. The predicted molar refractivity (Wildman–Crippen MR) is 81.7 cm³/mol. The van der Waals surface area contributed by atoms with Crippen LogP contribution < -0.4 is 0 Å². The Bertz CT molecular complexity index is 492. The topological polar surface area (TPSA) is 60.4 Å². The lowest BCUT2D eigenvalue weighted by Gasteiger charge is -2.34. The number of hydrogen-bond donors (Lipinski definition) is 0. The highest BCUT2D eigenvalue weighted by atomic mass is 32.3. The molecule has 9 heteroatoms. The highest BCUT2D eigenvalue weighted by molar-refractivity contribution is 7.88. The van der Waals surface area contributed by atoms with Crippen LogP contribution in [-0.4, -0.2) is 34.3 Å². The van der Waals surface area contributed by atoms with Crippen LogP contribution in [-0.2, 0) is 19.8 Å². The first-order valence-electron chi connectivity index (χ1n) is 6.96. The highest BCUT2D eigenvalue weighted by Crippen LogP contribution is 2.36. The van der Waals surface area contributed by atoms with Gasteiger partial charge in [-0.2, -0.15) is 17.2 Å². The second-order valence-corrected chi connectivity index (χ2v) is 12.8. The molecular formula is C13H23F3O4SSi. The Kier molecular flexibility index (Phi) is 7.83. The molecule has 22 heavy (non-hydrogen) atoms. The molecule has 0 N–H and O–H groups in total. The van der Waals surface area contributed by atoms with E-state index >= 15 is 0 Å². The minimum absolute atomic E-state index is 0.621. The summed E-state index contributed by atoms with van der Waals surface area (Å²) in [6, 6.07) is 1.58. The number of rotatable bonds is 4. The molecule has 130 valence electrons. The summed E-state index contributed by atoms with van der Waals surface area (Å²) in [6.07, 6.45) is 5.46. The van der Waals surface area contributed by atoms with Gasteiger partial charge in [-0.25, -0.2) is 4.79 Å². The number of hydrogen-bond acceptors (Lipinski definition) is 4. The van der Waals surface area contributed by atoms with Crippen LogP contribution in [0.5, 0.6) is 0 Å². The van der Waals surface area contributed by atoms with Gasteiger partial charge in [0.1, 0.15) is 6.61 Å². The van der Waals surface area contributed by atoms with Crippen LogP contribution in [0.2, 0.25) is 24.7 Å². The Labute approximate surface area is 131 Å². The van der Waals surface area contributed by atoms with Gasteiger partial charge in [0.15, 0.2) is 0 Å². The molecule has 0 amide bonds. The smallest absolute Gasteiger partial charge is 0.456 e. The first-order valence-corrected chi connectivity index (χ1v) is 11.6. The summed E-state index contributed by atoms with van der Waals surface area (Å²) < 4.78 is 59.2. The Balaban J connectivity index is 0.000000425. The molecule has 1 fully saturated rings. The van der Waals surface area contributed by atoms with Gasteiger partial charge in [0.25, 0.3) is 0 Å². The summed E-state index contributed by atoms with van der Waals surface area (Å²) in [5.74, 6) is -2.46. The molecule has 0 saturated carbocycles. The number of alkyl halides is 2. The summed E-state index contributed by atoms with van der Waals surface area (Å²) in [4.78, 5) is 10.2. The van der Waals surface area contributed by atoms with E-state index in [-0.39, 0.29) is 0 Å². The zero-order valence-corrected chi connectivity index (χ0v) is 14.9. The molecule has 0 spiro atoms. The first kappa shape index (κ1) is 21.2. The standard InChI is InChI=1S/C8H18Si.C5H5F3O4S/c1-8-6-4-5-7-9(8,2)3;1-2-3-12-4(9)5(6,7)13(8,10)11/h8H,4-7H2,1-3H3;2H,1,3H2. The van der Waals surface area contributed by atoms with E-state index in [2.05, 4.69) is 31.3 Å². The fourth-order valence-corrected chi connectivity index (χ4v) is 4.88. The summed E-state index contributed by atoms with van der Waals surface area (Å²) >= 11 is 0. The van der Waals surface area contributed by atoms with Gasteiger partial charge in [0, 0.05) is 0 Å². The van der Waals surface area contributed by atoms with Crippen molar-refractivity contribution in [1.82, 2.24) is 0 Å². The van der Waals surface area contributed by atoms with Crippen molar-refractivity contribution >= 4 is 24.3 Å². The zero-order chi connectivity index (χ0) is 17.6. The van der Waals surface area contributed by atoms with Crippen LogP contribution in [0.4, 0.5) is 12.7 Å². The monoisotopic (exact) mass is 360 g/mol. The van der Waals surface area contributed by atoms with Crippen LogP contribution >= 0.6 is 0 Å². The maximum Gasteiger partial charge on any atom is 0.470 e. The molecule has 1 unspecified atom stereocenters. The molecule has 1 heterocycles. The summed E-state index contributed by atoms with van der Waals surface area (Å²) in [5, 5.41) is -5.16. The van der Waals surface area contributed by atoms with Crippen molar-refractivity contribution in [3.05, 3.63) is 12.7 Å². The van der Waals surface area contributed by atoms with Gasteiger partial charge in [-0.3, -0.25) is 0 Å². The molecule has 0 aromatic rings. The quantitative estimate of drug-likeness (QED) is 0.330. The van der Waals surface area contributed by atoms with E-state index in [0.29, 0.717) is 0 Å². The molecular weight excluding hydrogens is 337 g/mol. The van der Waals surface area contributed by atoms with Crippen molar-refractivity contribution in [3.8, 4) is 0 Å². The third kappa shape index (κ3) is 6.11. The second-order valence-electron chi connectivity index (χ2n) is 5.98. The zero-order valence-electron chi connectivity index (χ0n) is 13.1. The van der Waals surface area contributed by atoms with E-state index in [4.69, 9.17) is 0 Å². The third-order valence-corrected chi connectivity index (χ3v) is 9.30. The van der Waals surface area contributed by atoms with E-state index in [9.17, 15) is 25.9 Å². The number of esters is 1. The first-order chi connectivity index (χ1) is 9.86. The molecule has 1 aliphatic rings.